The average molecular weight is 783 g/mol. The molecule has 0 heterocycles. The van der Waals surface area contributed by atoms with Gasteiger partial charge in [0.2, 0.25) is 0 Å². The molecule has 8 nitrogen and oxygen atoms in total. The highest BCUT2D eigenvalue weighted by Crippen LogP contribution is 2.42. The van der Waals surface area contributed by atoms with E-state index in [0.717, 1.165) is 64.9 Å². The Balaban J connectivity index is 4.00. The molecule has 0 bridgehead atoms. The van der Waals surface area contributed by atoms with Crippen LogP contribution in [0.2, 0.25) is 0 Å². The lowest BCUT2D eigenvalue weighted by Gasteiger charge is -2.19. The van der Waals surface area contributed by atoms with Crippen molar-refractivity contribution in [1.82, 2.24) is 0 Å². The van der Waals surface area contributed by atoms with Crippen molar-refractivity contribution in [3.05, 3.63) is 36.5 Å². The Morgan fingerprint density at radius 1 is 0.519 bits per heavy atom. The van der Waals surface area contributed by atoms with Gasteiger partial charge in [0.15, 0.2) is 6.10 Å². The quantitative estimate of drug-likeness (QED) is 0.0283. The average Bonchev–Trinajstić information content (AvgIpc) is 3.16. The van der Waals surface area contributed by atoms with Crippen LogP contribution < -0.4 is 0 Å². The van der Waals surface area contributed by atoms with E-state index >= 15 is 0 Å². The molecule has 0 aliphatic carbocycles. The van der Waals surface area contributed by atoms with Gasteiger partial charge in [-0.2, -0.15) is 0 Å². The van der Waals surface area contributed by atoms with Crippen molar-refractivity contribution in [2.24, 2.45) is 0 Å². The Kier molecular flexibility index (Phi) is 39.6. The molecular formula is C45H83O8P. The molecule has 2 atom stereocenters. The van der Waals surface area contributed by atoms with Crippen LogP contribution in [0.5, 0.6) is 0 Å². The van der Waals surface area contributed by atoms with E-state index < -0.39 is 26.5 Å². The van der Waals surface area contributed by atoms with E-state index in [9.17, 15) is 19.0 Å². The fourth-order valence-corrected chi connectivity index (χ4v) is 6.66. The van der Waals surface area contributed by atoms with Crippen molar-refractivity contribution in [2.45, 2.75) is 219 Å². The lowest BCUT2D eigenvalue weighted by Crippen LogP contribution is -2.29. The smallest absolute Gasteiger partial charge is 0.462 e. The van der Waals surface area contributed by atoms with Gasteiger partial charge in [0.1, 0.15) is 6.61 Å². The molecule has 316 valence electrons. The first kappa shape index (κ1) is 52.3. The maximum absolute atomic E-state index is 12.5. The minimum Gasteiger partial charge on any atom is -0.462 e. The third-order valence-corrected chi connectivity index (χ3v) is 10.6. The highest BCUT2D eigenvalue weighted by Gasteiger charge is 2.24. The zero-order valence-electron chi connectivity index (χ0n) is 35.1. The number of rotatable bonds is 41. The van der Waals surface area contributed by atoms with Crippen molar-refractivity contribution in [1.29, 1.82) is 0 Å². The monoisotopic (exact) mass is 783 g/mol. The molecule has 0 fully saturated rings. The molecule has 0 saturated heterocycles. The molecule has 0 aromatic carbocycles. The summed E-state index contributed by atoms with van der Waals surface area (Å²) in [5, 5.41) is 0. The summed E-state index contributed by atoms with van der Waals surface area (Å²) in [6.07, 6.45) is 47.6. The fourth-order valence-electron chi connectivity index (χ4n) is 6.20. The Morgan fingerprint density at radius 3 is 1.35 bits per heavy atom. The summed E-state index contributed by atoms with van der Waals surface area (Å²) in [6.45, 7) is 3.87. The van der Waals surface area contributed by atoms with Gasteiger partial charge < -0.3 is 14.4 Å². The Hall–Kier alpha value is -1.73. The summed E-state index contributed by atoms with van der Waals surface area (Å²) in [6, 6.07) is 0. The predicted molar refractivity (Wildman–Crippen MR) is 226 cm³/mol. The van der Waals surface area contributed by atoms with E-state index in [1.165, 1.54) is 122 Å². The molecule has 0 rings (SSSR count). The number of allylic oxidation sites excluding steroid dienone is 6. The summed E-state index contributed by atoms with van der Waals surface area (Å²) in [4.78, 5) is 34.5. The Bertz CT molecular complexity index is 979. The van der Waals surface area contributed by atoms with Gasteiger partial charge in [0.25, 0.3) is 0 Å². The van der Waals surface area contributed by atoms with E-state index in [1.54, 1.807) is 0 Å². The number of unbranched alkanes of at least 4 members (excludes halogenated alkanes) is 24. The van der Waals surface area contributed by atoms with Crippen LogP contribution in [0.25, 0.3) is 0 Å². The number of phosphoric ester groups is 1. The molecule has 1 N–H and O–H groups in total. The molecule has 0 saturated carbocycles. The SMILES string of the molecule is CCCCC/C=C\C/C=C\C/C=C\CCCCCCCCC(=O)OC(COC(=O)CCCCCCCCCCCCCCCCCC)COP(=O)(O)OC. The highest BCUT2D eigenvalue weighted by atomic mass is 31.2. The second-order valence-corrected chi connectivity index (χ2v) is 16.4. The predicted octanol–water partition coefficient (Wildman–Crippen LogP) is 14.0. The molecule has 0 spiro atoms. The number of carbonyl (C=O) groups excluding carboxylic acids is 2. The lowest BCUT2D eigenvalue weighted by molar-refractivity contribution is -0.161. The first-order valence-corrected chi connectivity index (χ1v) is 23.7. The molecule has 2 unspecified atom stereocenters. The molecule has 0 aromatic rings. The van der Waals surface area contributed by atoms with Crippen LogP contribution in [0, 0.1) is 0 Å². The standard InChI is InChI=1S/C45H83O8P/c1-4-6-8-10-12-14-16-18-20-22-23-24-26-28-30-32-34-36-38-40-45(47)53-43(42-52-54(48,49)50-3)41-51-44(46)39-37-35-33-31-29-27-25-21-19-17-15-13-11-9-7-5-2/h12,14,18,20,23-24,43H,4-11,13,15-17,19,21-22,25-42H2,1-3H3,(H,48,49)/b14-12-,20-18-,24-23-. The summed E-state index contributed by atoms with van der Waals surface area (Å²) in [7, 11) is -3.20. The van der Waals surface area contributed by atoms with Crippen LogP contribution in [-0.2, 0) is 32.7 Å². The molecule has 0 aromatic heterocycles. The van der Waals surface area contributed by atoms with Crippen LogP contribution in [0.15, 0.2) is 36.5 Å². The topological polar surface area (TPSA) is 108 Å². The van der Waals surface area contributed by atoms with Crippen LogP contribution >= 0.6 is 7.82 Å². The molecule has 0 aliphatic heterocycles. The van der Waals surface area contributed by atoms with E-state index in [-0.39, 0.29) is 19.0 Å². The van der Waals surface area contributed by atoms with Crippen molar-refractivity contribution < 1.29 is 37.6 Å². The normalized spacial score (nSPS) is 13.6. The third kappa shape index (κ3) is 39.9. The molecule has 54 heavy (non-hydrogen) atoms. The van der Waals surface area contributed by atoms with Crippen LogP contribution in [0.3, 0.4) is 0 Å². The zero-order chi connectivity index (χ0) is 39.6. The maximum atomic E-state index is 12.5. The molecule has 9 heteroatoms. The van der Waals surface area contributed by atoms with Gasteiger partial charge in [-0.05, 0) is 51.4 Å². The van der Waals surface area contributed by atoms with Gasteiger partial charge in [-0.25, -0.2) is 4.57 Å². The zero-order valence-corrected chi connectivity index (χ0v) is 36.0. The second-order valence-electron chi connectivity index (χ2n) is 14.8. The number of ether oxygens (including phenoxy) is 2. The fraction of sp³-hybridized carbons (Fsp3) is 0.822. The largest absolute Gasteiger partial charge is 0.472 e. The van der Waals surface area contributed by atoms with Crippen LogP contribution in [0.1, 0.15) is 213 Å². The van der Waals surface area contributed by atoms with Gasteiger partial charge in [0.05, 0.1) is 6.61 Å². The van der Waals surface area contributed by atoms with E-state index in [2.05, 4.69) is 54.8 Å². The van der Waals surface area contributed by atoms with E-state index in [0.29, 0.717) is 12.8 Å². The highest BCUT2D eigenvalue weighted by molar-refractivity contribution is 7.47. The van der Waals surface area contributed by atoms with Gasteiger partial charge in [-0.3, -0.25) is 18.6 Å². The van der Waals surface area contributed by atoms with E-state index in [1.807, 2.05) is 0 Å². The van der Waals surface area contributed by atoms with Gasteiger partial charge in [0, 0.05) is 20.0 Å². The minimum absolute atomic E-state index is 0.228. The summed E-state index contributed by atoms with van der Waals surface area (Å²) in [5.74, 6) is -0.811. The molecule has 0 aliphatic rings. The number of hydrogen-bond acceptors (Lipinski definition) is 7. The van der Waals surface area contributed by atoms with Gasteiger partial charge in [-0.15, -0.1) is 0 Å². The molecule has 0 radical (unpaired) electrons. The van der Waals surface area contributed by atoms with Crippen LogP contribution in [-0.4, -0.2) is 43.3 Å². The summed E-state index contributed by atoms with van der Waals surface area (Å²) >= 11 is 0. The van der Waals surface area contributed by atoms with Crippen molar-refractivity contribution >= 4 is 19.8 Å². The third-order valence-electron chi connectivity index (χ3n) is 9.64. The van der Waals surface area contributed by atoms with Crippen molar-refractivity contribution in [3.63, 3.8) is 0 Å². The number of hydrogen-bond donors (Lipinski definition) is 1. The van der Waals surface area contributed by atoms with Crippen LogP contribution in [0.4, 0.5) is 0 Å². The first-order valence-electron chi connectivity index (χ1n) is 22.2. The second kappa shape index (κ2) is 40.9. The molecular weight excluding hydrogens is 699 g/mol. The van der Waals surface area contributed by atoms with Gasteiger partial charge >= 0.3 is 19.8 Å². The van der Waals surface area contributed by atoms with Crippen molar-refractivity contribution in [3.8, 4) is 0 Å². The summed E-state index contributed by atoms with van der Waals surface area (Å²) < 4.78 is 32.0. The lowest BCUT2D eigenvalue weighted by atomic mass is 10.0. The summed E-state index contributed by atoms with van der Waals surface area (Å²) in [5.41, 5.74) is 0. The minimum atomic E-state index is -4.26. The molecule has 0 amide bonds. The Labute approximate surface area is 332 Å². The van der Waals surface area contributed by atoms with E-state index in [4.69, 9.17) is 14.0 Å². The maximum Gasteiger partial charge on any atom is 0.472 e. The number of carbonyl (C=O) groups is 2. The first-order chi connectivity index (χ1) is 26.3. The van der Waals surface area contributed by atoms with Gasteiger partial charge in [-0.1, -0.05) is 185 Å². The number of phosphoric acid groups is 1. The van der Waals surface area contributed by atoms with Crippen molar-refractivity contribution in [2.75, 3.05) is 20.3 Å². The Morgan fingerprint density at radius 2 is 0.889 bits per heavy atom. The number of esters is 2.